The van der Waals surface area contributed by atoms with E-state index in [4.69, 9.17) is 27.9 Å². The van der Waals surface area contributed by atoms with Crippen molar-refractivity contribution in [3.05, 3.63) is 75.8 Å². The molecule has 0 heterocycles. The lowest BCUT2D eigenvalue weighted by Crippen LogP contribution is -2.34. The van der Waals surface area contributed by atoms with Crippen LogP contribution < -0.4 is 5.32 Å². The zero-order valence-corrected chi connectivity index (χ0v) is 16.6. The normalized spacial score (nSPS) is 12.8. The summed E-state index contributed by atoms with van der Waals surface area (Å²) in [4.78, 5) is 12.2. The van der Waals surface area contributed by atoms with Gasteiger partial charge in [-0.1, -0.05) is 71.8 Å². The van der Waals surface area contributed by atoms with E-state index < -0.39 is 11.7 Å². The number of rotatable bonds is 5. The first-order valence-corrected chi connectivity index (χ1v) is 9.16. The van der Waals surface area contributed by atoms with Crippen molar-refractivity contribution in [1.82, 2.24) is 5.32 Å². The minimum absolute atomic E-state index is 0.190. The Morgan fingerprint density at radius 2 is 1.81 bits per heavy atom. The molecule has 138 valence electrons. The van der Waals surface area contributed by atoms with Crippen LogP contribution in [0.2, 0.25) is 10.0 Å². The molecule has 2 rings (SSSR count). The highest BCUT2D eigenvalue weighted by Gasteiger charge is 2.19. The molecular formula is C21H23Cl2NO2. The summed E-state index contributed by atoms with van der Waals surface area (Å²) in [6.07, 6.45) is 4.13. The highest BCUT2D eigenvalue weighted by Crippen LogP contribution is 2.24. The van der Waals surface area contributed by atoms with Gasteiger partial charge in [0.1, 0.15) is 5.60 Å². The Morgan fingerprint density at radius 1 is 1.12 bits per heavy atom. The van der Waals surface area contributed by atoms with E-state index in [1.54, 1.807) is 12.1 Å². The van der Waals surface area contributed by atoms with E-state index in [1.165, 1.54) is 0 Å². The van der Waals surface area contributed by atoms with Crippen molar-refractivity contribution in [2.45, 2.75) is 38.8 Å². The van der Waals surface area contributed by atoms with Gasteiger partial charge in [0.05, 0.1) is 16.1 Å². The Kier molecular flexibility index (Phi) is 7.13. The summed E-state index contributed by atoms with van der Waals surface area (Å²) in [6, 6.07) is 15.1. The minimum Gasteiger partial charge on any atom is -0.444 e. The van der Waals surface area contributed by atoms with E-state index in [0.29, 0.717) is 16.5 Å². The Hall–Kier alpha value is -1.97. The molecule has 0 bridgehead atoms. The monoisotopic (exact) mass is 391 g/mol. The third-order valence-corrected chi connectivity index (χ3v) is 4.26. The van der Waals surface area contributed by atoms with Gasteiger partial charge in [0, 0.05) is 0 Å². The molecule has 0 aliphatic carbocycles. The van der Waals surface area contributed by atoms with Gasteiger partial charge in [-0.05, 0) is 50.5 Å². The molecule has 26 heavy (non-hydrogen) atoms. The molecule has 1 atom stereocenters. The van der Waals surface area contributed by atoms with E-state index in [-0.39, 0.29) is 6.04 Å². The predicted octanol–water partition coefficient (Wildman–Crippen LogP) is 6.66. The molecule has 2 aromatic rings. The maximum Gasteiger partial charge on any atom is 0.408 e. The van der Waals surface area contributed by atoms with E-state index in [2.05, 4.69) is 5.32 Å². The average Bonchev–Trinajstić information content (AvgIpc) is 2.56. The number of ether oxygens (including phenoxy) is 1. The average molecular weight is 392 g/mol. The number of carbonyl (C=O) groups excluding carboxylic acids is 1. The molecule has 0 aliphatic heterocycles. The van der Waals surface area contributed by atoms with Crippen LogP contribution in [0.1, 0.15) is 44.4 Å². The second kappa shape index (κ2) is 9.11. The molecule has 1 amide bonds. The first-order valence-electron chi connectivity index (χ1n) is 8.40. The van der Waals surface area contributed by atoms with E-state index >= 15 is 0 Å². The molecule has 0 saturated carbocycles. The summed E-state index contributed by atoms with van der Waals surface area (Å²) in [5.74, 6) is 0. The summed E-state index contributed by atoms with van der Waals surface area (Å²) in [6.45, 7) is 5.52. The van der Waals surface area contributed by atoms with Crippen LogP contribution in [0.25, 0.3) is 6.08 Å². The summed E-state index contributed by atoms with van der Waals surface area (Å²) >= 11 is 12.0. The lowest BCUT2D eigenvalue weighted by atomic mass is 10.0. The van der Waals surface area contributed by atoms with Crippen molar-refractivity contribution in [3.63, 3.8) is 0 Å². The number of alkyl carbamates (subject to hydrolysis) is 1. The second-order valence-corrected chi connectivity index (χ2v) is 7.74. The standard InChI is InChI=1S/C21H23Cl2NO2/c1-21(2,3)26-20(25)24-19(16-9-5-4-6-10-16)11-7-8-15-12-13-17(22)18(23)14-15/h4-10,12-14,19H,11H2,1-3H3,(H,24,25)/t19-/m0/s1. The molecule has 0 spiro atoms. The lowest BCUT2D eigenvalue weighted by molar-refractivity contribution is 0.0504. The first-order chi connectivity index (χ1) is 12.2. The number of carbonyl (C=O) groups is 1. The summed E-state index contributed by atoms with van der Waals surface area (Å²) in [5, 5.41) is 3.98. The molecular weight excluding hydrogens is 369 g/mol. The highest BCUT2D eigenvalue weighted by molar-refractivity contribution is 6.42. The summed E-state index contributed by atoms with van der Waals surface area (Å²) in [5.41, 5.74) is 1.42. The zero-order valence-electron chi connectivity index (χ0n) is 15.1. The number of nitrogens with one attached hydrogen (secondary N) is 1. The van der Waals surface area contributed by atoms with E-state index in [1.807, 2.05) is 69.3 Å². The van der Waals surface area contributed by atoms with Crippen molar-refractivity contribution < 1.29 is 9.53 Å². The number of hydrogen-bond donors (Lipinski definition) is 1. The van der Waals surface area contributed by atoms with Crippen molar-refractivity contribution in [3.8, 4) is 0 Å². The maximum atomic E-state index is 12.2. The minimum atomic E-state index is -0.540. The van der Waals surface area contributed by atoms with Crippen LogP contribution >= 0.6 is 23.2 Å². The molecule has 2 aromatic carbocycles. The molecule has 1 N–H and O–H groups in total. The SMILES string of the molecule is CC(C)(C)OC(=O)N[C@@H](CC=Cc1ccc(Cl)c(Cl)c1)c1ccccc1. The quantitative estimate of drug-likeness (QED) is 0.618. The second-order valence-electron chi connectivity index (χ2n) is 6.92. The van der Waals surface area contributed by atoms with Crippen molar-refractivity contribution in [2.75, 3.05) is 0 Å². The molecule has 0 radical (unpaired) electrons. The molecule has 0 unspecified atom stereocenters. The van der Waals surface area contributed by atoms with Gasteiger partial charge in [0.25, 0.3) is 0 Å². The number of amides is 1. The first kappa shape index (κ1) is 20.3. The molecule has 0 saturated heterocycles. The Labute approximate surface area is 165 Å². The largest absolute Gasteiger partial charge is 0.444 e. The van der Waals surface area contributed by atoms with Crippen LogP contribution in [0.5, 0.6) is 0 Å². The fourth-order valence-corrected chi connectivity index (χ4v) is 2.68. The fraction of sp³-hybridized carbons (Fsp3) is 0.286. The van der Waals surface area contributed by atoms with Gasteiger partial charge < -0.3 is 10.1 Å². The molecule has 0 aliphatic rings. The predicted molar refractivity (Wildman–Crippen MR) is 109 cm³/mol. The smallest absolute Gasteiger partial charge is 0.408 e. The lowest BCUT2D eigenvalue weighted by Gasteiger charge is -2.23. The van der Waals surface area contributed by atoms with Crippen LogP contribution in [0.3, 0.4) is 0 Å². The molecule has 0 fully saturated rings. The van der Waals surface area contributed by atoms with Crippen LogP contribution in [0.15, 0.2) is 54.6 Å². The van der Waals surface area contributed by atoms with Crippen molar-refractivity contribution in [1.29, 1.82) is 0 Å². The van der Waals surface area contributed by atoms with Crippen LogP contribution in [-0.2, 0) is 4.74 Å². The van der Waals surface area contributed by atoms with Gasteiger partial charge in [-0.3, -0.25) is 0 Å². The molecule has 3 nitrogen and oxygen atoms in total. The number of hydrogen-bond acceptors (Lipinski definition) is 2. The zero-order chi connectivity index (χ0) is 19.2. The highest BCUT2D eigenvalue weighted by atomic mass is 35.5. The molecule has 5 heteroatoms. The third-order valence-electron chi connectivity index (χ3n) is 3.52. The van der Waals surface area contributed by atoms with E-state index in [0.717, 1.165) is 11.1 Å². The van der Waals surface area contributed by atoms with Gasteiger partial charge in [0.2, 0.25) is 0 Å². The topological polar surface area (TPSA) is 38.3 Å². The van der Waals surface area contributed by atoms with Gasteiger partial charge in [0.15, 0.2) is 0 Å². The third kappa shape index (κ3) is 6.74. The molecule has 0 aromatic heterocycles. The van der Waals surface area contributed by atoms with Gasteiger partial charge in [-0.2, -0.15) is 0 Å². The summed E-state index contributed by atoms with van der Waals surface area (Å²) in [7, 11) is 0. The van der Waals surface area contributed by atoms with Crippen molar-refractivity contribution >= 4 is 35.4 Å². The Bertz CT molecular complexity index is 767. The Balaban J connectivity index is 2.10. The Morgan fingerprint density at radius 3 is 2.42 bits per heavy atom. The van der Waals surface area contributed by atoms with E-state index in [9.17, 15) is 4.79 Å². The van der Waals surface area contributed by atoms with Crippen LogP contribution in [0, 0.1) is 0 Å². The van der Waals surface area contributed by atoms with Gasteiger partial charge >= 0.3 is 6.09 Å². The van der Waals surface area contributed by atoms with Gasteiger partial charge in [-0.25, -0.2) is 4.79 Å². The van der Waals surface area contributed by atoms with Crippen LogP contribution in [-0.4, -0.2) is 11.7 Å². The fourth-order valence-electron chi connectivity index (χ4n) is 2.37. The van der Waals surface area contributed by atoms with Crippen LogP contribution in [0.4, 0.5) is 4.79 Å². The van der Waals surface area contributed by atoms with Gasteiger partial charge in [-0.15, -0.1) is 0 Å². The number of halogens is 2. The maximum absolute atomic E-state index is 12.2. The summed E-state index contributed by atoms with van der Waals surface area (Å²) < 4.78 is 5.38. The number of benzene rings is 2. The van der Waals surface area contributed by atoms with Crippen molar-refractivity contribution in [2.24, 2.45) is 0 Å².